The molecule has 0 radical (unpaired) electrons. The molecule has 16 heavy (non-hydrogen) atoms. The lowest BCUT2D eigenvalue weighted by Gasteiger charge is -2.16. The molecule has 0 aliphatic rings. The molecule has 1 aromatic rings. The minimum Gasteiger partial charge on any atom is -0.497 e. The van der Waals surface area contributed by atoms with Gasteiger partial charge in [-0.15, -0.1) is 0 Å². The van der Waals surface area contributed by atoms with Crippen LogP contribution >= 0.6 is 0 Å². The lowest BCUT2D eigenvalue weighted by atomic mass is 10.0. The Morgan fingerprint density at radius 3 is 2.44 bits per heavy atom. The largest absolute Gasteiger partial charge is 0.497 e. The smallest absolute Gasteiger partial charge is 0.416 e. The molecule has 0 aliphatic carbocycles. The molecule has 0 aromatic heterocycles. The van der Waals surface area contributed by atoms with Crippen LogP contribution in [0, 0.1) is 0 Å². The van der Waals surface area contributed by atoms with Gasteiger partial charge >= 0.3 is 6.18 Å². The maximum absolute atomic E-state index is 13.2. The third-order valence-corrected chi connectivity index (χ3v) is 2.11. The van der Waals surface area contributed by atoms with Crippen LogP contribution in [0.25, 0.3) is 0 Å². The van der Waals surface area contributed by atoms with Gasteiger partial charge < -0.3 is 10.5 Å². The Kier molecular flexibility index (Phi) is 3.74. The first-order chi connectivity index (χ1) is 7.40. The van der Waals surface area contributed by atoms with Crippen molar-refractivity contribution in [3.8, 4) is 5.75 Å². The summed E-state index contributed by atoms with van der Waals surface area (Å²) in [7, 11) is 1.24. The summed E-state index contributed by atoms with van der Waals surface area (Å²) in [5, 5.41) is 0. The van der Waals surface area contributed by atoms with Crippen LogP contribution in [-0.4, -0.2) is 13.7 Å². The summed E-state index contributed by atoms with van der Waals surface area (Å²) >= 11 is 0. The number of hydrogen-bond donors (Lipinski definition) is 1. The van der Waals surface area contributed by atoms with Crippen molar-refractivity contribution in [2.75, 3.05) is 13.7 Å². The van der Waals surface area contributed by atoms with Crippen LogP contribution < -0.4 is 10.5 Å². The summed E-state index contributed by atoms with van der Waals surface area (Å²) in [4.78, 5) is 0. The molecule has 0 spiro atoms. The third-order valence-electron chi connectivity index (χ3n) is 2.11. The van der Waals surface area contributed by atoms with Crippen LogP contribution in [0.4, 0.5) is 17.6 Å². The van der Waals surface area contributed by atoms with Gasteiger partial charge in [0.1, 0.15) is 11.9 Å². The van der Waals surface area contributed by atoms with Gasteiger partial charge in [0.15, 0.2) is 0 Å². The number of methoxy groups -OCH3 is 1. The highest BCUT2D eigenvalue weighted by Crippen LogP contribution is 2.37. The van der Waals surface area contributed by atoms with Gasteiger partial charge in [0.25, 0.3) is 0 Å². The third kappa shape index (κ3) is 2.63. The lowest BCUT2D eigenvalue weighted by molar-refractivity contribution is -0.138. The van der Waals surface area contributed by atoms with Crippen molar-refractivity contribution in [1.29, 1.82) is 0 Å². The fourth-order valence-electron chi connectivity index (χ4n) is 1.31. The Labute approximate surface area is 90.0 Å². The molecule has 0 amide bonds. The summed E-state index contributed by atoms with van der Waals surface area (Å²) < 4.78 is 55.7. The van der Waals surface area contributed by atoms with Crippen LogP contribution in [0.2, 0.25) is 0 Å². The molecule has 0 saturated heterocycles. The van der Waals surface area contributed by atoms with E-state index in [2.05, 4.69) is 4.74 Å². The van der Waals surface area contributed by atoms with E-state index in [4.69, 9.17) is 5.73 Å². The van der Waals surface area contributed by atoms with Crippen molar-refractivity contribution in [2.45, 2.75) is 12.3 Å². The van der Waals surface area contributed by atoms with Crippen LogP contribution in [0.15, 0.2) is 18.2 Å². The minimum absolute atomic E-state index is 0.0281. The molecular weight excluding hydrogens is 226 g/mol. The predicted molar refractivity (Wildman–Crippen MR) is 50.9 cm³/mol. The Hall–Kier alpha value is -1.30. The molecule has 0 bridgehead atoms. The number of halogens is 4. The fraction of sp³-hybridized carbons (Fsp3) is 0.400. The molecule has 0 saturated carbocycles. The highest BCUT2D eigenvalue weighted by Gasteiger charge is 2.35. The number of ether oxygens (including phenoxy) is 1. The van der Waals surface area contributed by atoms with Gasteiger partial charge in [-0.2, -0.15) is 13.2 Å². The predicted octanol–water partition coefficient (Wildman–Crippen LogP) is 2.68. The molecule has 0 fully saturated rings. The van der Waals surface area contributed by atoms with E-state index in [-0.39, 0.29) is 5.75 Å². The highest BCUT2D eigenvalue weighted by molar-refractivity contribution is 5.39. The molecule has 1 unspecified atom stereocenters. The maximum Gasteiger partial charge on any atom is 0.416 e. The Bertz CT molecular complexity index is 364. The van der Waals surface area contributed by atoms with E-state index in [1.165, 1.54) is 13.2 Å². The van der Waals surface area contributed by atoms with E-state index >= 15 is 0 Å². The van der Waals surface area contributed by atoms with Gasteiger partial charge in [0.2, 0.25) is 0 Å². The van der Waals surface area contributed by atoms with Gasteiger partial charge in [0, 0.05) is 6.54 Å². The number of rotatable bonds is 3. The van der Waals surface area contributed by atoms with Crippen LogP contribution in [0.1, 0.15) is 17.3 Å². The quantitative estimate of drug-likeness (QED) is 0.820. The Morgan fingerprint density at radius 1 is 1.38 bits per heavy atom. The van der Waals surface area contributed by atoms with Crippen LogP contribution in [0.5, 0.6) is 5.75 Å². The Morgan fingerprint density at radius 2 is 2.00 bits per heavy atom. The number of benzene rings is 1. The van der Waals surface area contributed by atoms with E-state index in [0.29, 0.717) is 0 Å². The minimum atomic E-state index is -4.62. The lowest BCUT2D eigenvalue weighted by Crippen LogP contribution is -2.15. The fourth-order valence-corrected chi connectivity index (χ4v) is 1.31. The molecular formula is C10H11F4NO. The zero-order valence-corrected chi connectivity index (χ0v) is 8.51. The highest BCUT2D eigenvalue weighted by atomic mass is 19.4. The van der Waals surface area contributed by atoms with Crippen LogP contribution in [0.3, 0.4) is 0 Å². The molecule has 6 heteroatoms. The molecule has 2 nitrogen and oxygen atoms in total. The van der Waals surface area contributed by atoms with Gasteiger partial charge in [-0.3, -0.25) is 0 Å². The normalized spacial score (nSPS) is 13.6. The van der Waals surface area contributed by atoms with Crippen molar-refractivity contribution >= 4 is 0 Å². The summed E-state index contributed by atoms with van der Waals surface area (Å²) in [6, 6.07) is 3.07. The van der Waals surface area contributed by atoms with Gasteiger partial charge in [-0.1, -0.05) is 6.07 Å². The standard InChI is InChI=1S/C10H11F4NO/c1-16-6-2-3-7(9(11)5-15)8(4-6)10(12,13)14/h2-4,9H,5,15H2,1H3. The average Bonchev–Trinajstić information content (AvgIpc) is 2.26. The molecule has 0 heterocycles. The maximum atomic E-state index is 13.2. The number of hydrogen-bond acceptors (Lipinski definition) is 2. The van der Waals surface area contributed by atoms with E-state index in [1.54, 1.807) is 0 Å². The topological polar surface area (TPSA) is 35.2 Å². The first-order valence-corrected chi connectivity index (χ1v) is 4.49. The second kappa shape index (κ2) is 4.69. The van der Waals surface area contributed by atoms with Crippen molar-refractivity contribution < 1.29 is 22.3 Å². The summed E-state index contributed by atoms with van der Waals surface area (Å²) in [6.45, 7) is -0.491. The van der Waals surface area contributed by atoms with Crippen LogP contribution in [-0.2, 0) is 6.18 Å². The second-order valence-corrected chi connectivity index (χ2v) is 3.15. The number of nitrogens with two attached hydrogens (primary N) is 1. The van der Waals surface area contributed by atoms with Gasteiger partial charge in [-0.25, -0.2) is 4.39 Å². The SMILES string of the molecule is COc1ccc(C(F)CN)c(C(F)(F)F)c1. The van der Waals surface area contributed by atoms with Crippen molar-refractivity contribution in [2.24, 2.45) is 5.73 Å². The summed E-state index contributed by atoms with van der Waals surface area (Å²) in [5.74, 6) is 0.0281. The monoisotopic (exact) mass is 237 g/mol. The van der Waals surface area contributed by atoms with E-state index < -0.39 is 30.0 Å². The molecule has 1 aromatic carbocycles. The number of alkyl halides is 4. The average molecular weight is 237 g/mol. The molecule has 2 N–H and O–H groups in total. The van der Waals surface area contributed by atoms with Crippen molar-refractivity contribution in [3.63, 3.8) is 0 Å². The molecule has 90 valence electrons. The summed E-state index contributed by atoms with van der Waals surface area (Å²) in [6.07, 6.45) is -6.45. The first-order valence-electron chi connectivity index (χ1n) is 4.49. The van der Waals surface area contributed by atoms with Gasteiger partial charge in [-0.05, 0) is 17.7 Å². The van der Waals surface area contributed by atoms with Crippen molar-refractivity contribution in [3.05, 3.63) is 29.3 Å². The molecule has 1 rings (SSSR count). The molecule has 0 aliphatic heterocycles. The second-order valence-electron chi connectivity index (χ2n) is 3.15. The molecule has 1 atom stereocenters. The summed E-state index contributed by atoms with van der Waals surface area (Å²) in [5.41, 5.74) is 3.50. The van der Waals surface area contributed by atoms with E-state index in [0.717, 1.165) is 12.1 Å². The Balaban J connectivity index is 3.27. The zero-order chi connectivity index (χ0) is 12.3. The van der Waals surface area contributed by atoms with E-state index in [9.17, 15) is 17.6 Å². The van der Waals surface area contributed by atoms with E-state index in [1.807, 2.05) is 0 Å². The van der Waals surface area contributed by atoms with Crippen molar-refractivity contribution in [1.82, 2.24) is 0 Å². The first kappa shape index (κ1) is 12.8. The van der Waals surface area contributed by atoms with Gasteiger partial charge in [0.05, 0.1) is 12.7 Å². The zero-order valence-electron chi connectivity index (χ0n) is 8.51.